The molecule has 0 spiro atoms. The first-order valence-corrected chi connectivity index (χ1v) is 13.3. The van der Waals surface area contributed by atoms with Crippen molar-refractivity contribution in [2.24, 2.45) is 5.92 Å². The minimum Gasteiger partial charge on any atom is -0.487 e. The van der Waals surface area contributed by atoms with Gasteiger partial charge in [0.25, 0.3) is 5.91 Å². The van der Waals surface area contributed by atoms with E-state index in [2.05, 4.69) is 10.2 Å². The summed E-state index contributed by atoms with van der Waals surface area (Å²) in [5.41, 5.74) is 1.98. The summed E-state index contributed by atoms with van der Waals surface area (Å²) in [5.74, 6) is -2.06. The molecule has 1 amide bonds. The van der Waals surface area contributed by atoms with E-state index < -0.39 is 11.8 Å². The van der Waals surface area contributed by atoms with E-state index >= 15 is 0 Å². The van der Waals surface area contributed by atoms with Crippen molar-refractivity contribution < 1.29 is 28.6 Å². The number of Topliss-reactive ketones (excluding diaryl/α,β-unsaturated/α-hetero) is 1. The lowest BCUT2D eigenvalue weighted by molar-refractivity contribution is -0.143. The molecule has 0 radical (unpaired) electrons. The predicted molar refractivity (Wildman–Crippen MR) is 139 cm³/mol. The Morgan fingerprint density at radius 2 is 1.62 bits per heavy atom. The molecule has 2 fully saturated rings. The minimum absolute atomic E-state index is 0.0777. The Morgan fingerprint density at radius 3 is 2.27 bits per heavy atom. The van der Waals surface area contributed by atoms with E-state index in [9.17, 15) is 18.8 Å². The summed E-state index contributed by atoms with van der Waals surface area (Å²) in [6, 6.07) is 11.8. The van der Waals surface area contributed by atoms with E-state index in [4.69, 9.17) is 9.84 Å². The van der Waals surface area contributed by atoms with Crippen molar-refractivity contribution >= 4 is 23.3 Å². The summed E-state index contributed by atoms with van der Waals surface area (Å²) in [4.78, 5) is 38.4. The largest absolute Gasteiger partial charge is 0.487 e. The maximum absolute atomic E-state index is 14.6. The number of nitrogens with zero attached hydrogens (tertiary/aromatic N) is 1. The lowest BCUT2D eigenvalue weighted by atomic mass is 9.87. The summed E-state index contributed by atoms with van der Waals surface area (Å²) < 4.78 is 20.3. The van der Waals surface area contributed by atoms with Crippen LogP contribution in [0.2, 0.25) is 0 Å². The Labute approximate surface area is 217 Å². The third-order valence-corrected chi connectivity index (χ3v) is 7.29. The number of carbonyl (C=O) groups excluding carboxylic acids is 2. The van der Waals surface area contributed by atoms with Crippen molar-refractivity contribution in [2.75, 3.05) is 24.5 Å². The zero-order valence-electron chi connectivity index (χ0n) is 21.1. The molecular formula is C29H35FN2O5. The second-order valence-corrected chi connectivity index (χ2v) is 9.95. The van der Waals surface area contributed by atoms with Crippen LogP contribution >= 0.6 is 0 Å². The number of aliphatic carboxylic acids is 1. The molecule has 1 aliphatic carbocycles. The molecule has 1 saturated carbocycles. The van der Waals surface area contributed by atoms with Crippen molar-refractivity contribution in [1.29, 1.82) is 0 Å². The maximum atomic E-state index is 14.6. The van der Waals surface area contributed by atoms with Gasteiger partial charge in [-0.2, -0.15) is 0 Å². The summed E-state index contributed by atoms with van der Waals surface area (Å²) in [6.07, 6.45) is 6.22. The number of hydrogen-bond donors (Lipinski definition) is 2. The Bertz CT molecular complexity index is 1090. The molecule has 37 heavy (non-hydrogen) atoms. The molecule has 2 aliphatic rings. The monoisotopic (exact) mass is 510 g/mol. The molecule has 4 rings (SSSR count). The van der Waals surface area contributed by atoms with Crippen LogP contribution in [-0.4, -0.2) is 48.5 Å². The standard InChI is InChI=1S/C29H35FN2O5/c30-25-19-22(10-15-27(25)37-24-13-8-21(9-14-24)29(35)36)26(33)5-4-16-31-28(34)20-6-11-23(12-7-20)32-17-2-1-3-18-32/h6-7,10-12,15,19,21,24H,1-5,8-9,13-14,16-18H2,(H,31,34)(H,35,36). The number of carboxylic acids is 1. The Morgan fingerprint density at radius 1 is 0.946 bits per heavy atom. The number of carboxylic acid groups (broad SMARTS) is 1. The van der Waals surface area contributed by atoms with Crippen molar-refractivity contribution in [2.45, 2.75) is 63.9 Å². The molecule has 1 heterocycles. The van der Waals surface area contributed by atoms with Crippen LogP contribution in [0.25, 0.3) is 0 Å². The van der Waals surface area contributed by atoms with E-state index in [1.165, 1.54) is 31.4 Å². The topological polar surface area (TPSA) is 95.9 Å². The van der Waals surface area contributed by atoms with Gasteiger partial charge in [-0.05, 0) is 93.8 Å². The number of amides is 1. The van der Waals surface area contributed by atoms with Crippen molar-refractivity contribution in [3.63, 3.8) is 0 Å². The number of hydrogen-bond acceptors (Lipinski definition) is 5. The summed E-state index contributed by atoms with van der Waals surface area (Å²) in [6.45, 7) is 2.45. The van der Waals surface area contributed by atoms with E-state index in [-0.39, 0.29) is 41.4 Å². The highest BCUT2D eigenvalue weighted by atomic mass is 19.1. The number of carbonyl (C=O) groups is 3. The zero-order chi connectivity index (χ0) is 26.2. The van der Waals surface area contributed by atoms with Gasteiger partial charge in [0.2, 0.25) is 0 Å². The van der Waals surface area contributed by atoms with Crippen LogP contribution in [0.4, 0.5) is 10.1 Å². The molecule has 198 valence electrons. The first-order valence-electron chi connectivity index (χ1n) is 13.3. The Balaban J connectivity index is 1.19. The summed E-state index contributed by atoms with van der Waals surface area (Å²) >= 11 is 0. The number of halogens is 1. The average Bonchev–Trinajstić information content (AvgIpc) is 2.93. The first-order chi connectivity index (χ1) is 17.9. The van der Waals surface area contributed by atoms with Crippen LogP contribution in [0.1, 0.15) is 78.5 Å². The van der Waals surface area contributed by atoms with E-state index in [1.54, 1.807) is 6.07 Å². The van der Waals surface area contributed by atoms with Crippen LogP contribution in [0, 0.1) is 11.7 Å². The van der Waals surface area contributed by atoms with Crippen LogP contribution < -0.4 is 15.0 Å². The third-order valence-electron chi connectivity index (χ3n) is 7.29. The molecule has 0 unspecified atom stereocenters. The fourth-order valence-electron chi connectivity index (χ4n) is 5.05. The molecule has 7 nitrogen and oxygen atoms in total. The van der Waals surface area contributed by atoms with Gasteiger partial charge in [-0.3, -0.25) is 14.4 Å². The van der Waals surface area contributed by atoms with Crippen molar-refractivity contribution in [3.8, 4) is 5.75 Å². The van der Waals surface area contributed by atoms with E-state index in [1.807, 2.05) is 24.3 Å². The Hall–Kier alpha value is -3.42. The molecular weight excluding hydrogens is 475 g/mol. The second kappa shape index (κ2) is 12.7. The zero-order valence-corrected chi connectivity index (χ0v) is 21.1. The highest BCUT2D eigenvalue weighted by Gasteiger charge is 2.27. The van der Waals surface area contributed by atoms with Crippen LogP contribution in [0.5, 0.6) is 5.75 Å². The van der Waals surface area contributed by atoms with Gasteiger partial charge in [0.1, 0.15) is 0 Å². The average molecular weight is 511 g/mol. The highest BCUT2D eigenvalue weighted by Crippen LogP contribution is 2.29. The normalized spacial score (nSPS) is 19.8. The number of piperidine rings is 1. The number of nitrogens with one attached hydrogen (secondary N) is 1. The lowest BCUT2D eigenvalue weighted by Gasteiger charge is -2.28. The van der Waals surface area contributed by atoms with E-state index in [0.29, 0.717) is 44.2 Å². The van der Waals surface area contributed by atoms with Gasteiger partial charge in [0, 0.05) is 42.9 Å². The summed E-state index contributed by atoms with van der Waals surface area (Å²) in [5, 5.41) is 11.9. The molecule has 0 bridgehead atoms. The predicted octanol–water partition coefficient (Wildman–Crippen LogP) is 5.23. The number of ketones is 1. The molecule has 0 aromatic heterocycles. The molecule has 2 aromatic rings. The third kappa shape index (κ3) is 7.31. The lowest BCUT2D eigenvalue weighted by Crippen LogP contribution is -2.29. The molecule has 2 N–H and O–H groups in total. The van der Waals surface area contributed by atoms with Crippen molar-refractivity contribution in [1.82, 2.24) is 5.32 Å². The molecule has 2 aromatic carbocycles. The molecule has 1 saturated heterocycles. The molecule has 0 atom stereocenters. The second-order valence-electron chi connectivity index (χ2n) is 9.95. The molecule has 1 aliphatic heterocycles. The maximum Gasteiger partial charge on any atom is 0.306 e. The molecule has 8 heteroatoms. The van der Waals surface area contributed by atoms with Gasteiger partial charge in [-0.1, -0.05) is 0 Å². The smallest absolute Gasteiger partial charge is 0.306 e. The number of ether oxygens (including phenoxy) is 1. The van der Waals surface area contributed by atoms with Crippen LogP contribution in [0.15, 0.2) is 42.5 Å². The minimum atomic E-state index is -0.797. The number of rotatable bonds is 10. The van der Waals surface area contributed by atoms with Gasteiger partial charge in [-0.25, -0.2) is 4.39 Å². The number of benzene rings is 2. The highest BCUT2D eigenvalue weighted by molar-refractivity contribution is 5.96. The number of anilines is 1. The quantitative estimate of drug-likeness (QED) is 0.336. The van der Waals surface area contributed by atoms with Gasteiger partial charge in [0.15, 0.2) is 17.3 Å². The SMILES string of the molecule is O=C(CCCNC(=O)c1ccc(N2CCCCC2)cc1)c1ccc(OC2CCC(C(=O)O)CC2)c(F)c1. The van der Waals surface area contributed by atoms with Crippen molar-refractivity contribution in [3.05, 3.63) is 59.4 Å². The van der Waals surface area contributed by atoms with Crippen LogP contribution in [0.3, 0.4) is 0 Å². The fourth-order valence-corrected chi connectivity index (χ4v) is 5.05. The Kier molecular flexibility index (Phi) is 9.14. The summed E-state index contributed by atoms with van der Waals surface area (Å²) in [7, 11) is 0. The van der Waals surface area contributed by atoms with E-state index in [0.717, 1.165) is 18.8 Å². The van der Waals surface area contributed by atoms with Crippen LogP contribution in [-0.2, 0) is 4.79 Å². The van der Waals surface area contributed by atoms with Gasteiger partial charge < -0.3 is 20.1 Å². The van der Waals surface area contributed by atoms with Gasteiger partial charge in [0.05, 0.1) is 12.0 Å². The van der Waals surface area contributed by atoms with Gasteiger partial charge >= 0.3 is 5.97 Å². The van der Waals surface area contributed by atoms with Gasteiger partial charge in [-0.15, -0.1) is 0 Å². The fraction of sp³-hybridized carbons (Fsp3) is 0.483. The first kappa shape index (κ1) is 26.6.